The molecule has 0 aromatic carbocycles. The molecule has 1 aromatic heterocycles. The Morgan fingerprint density at radius 3 is 2.47 bits per heavy atom. The molecule has 2 heterocycles. The van der Waals surface area contributed by atoms with E-state index in [1.807, 2.05) is 0 Å². The lowest BCUT2D eigenvalue weighted by Crippen LogP contribution is -2.22. The highest BCUT2D eigenvalue weighted by molar-refractivity contribution is 5.50. The Morgan fingerprint density at radius 1 is 1.21 bits per heavy atom. The first-order valence-corrected chi connectivity index (χ1v) is 7.50. The van der Waals surface area contributed by atoms with Crippen LogP contribution in [0.3, 0.4) is 0 Å². The monoisotopic (exact) mass is 262 g/mol. The van der Waals surface area contributed by atoms with E-state index in [1.165, 1.54) is 0 Å². The molecule has 1 aromatic rings. The SMILES string of the molecule is CCCNc1cc(N2CC(C)C(C)C2)nc(CC)n1. The van der Waals surface area contributed by atoms with Gasteiger partial charge in [0.05, 0.1) is 0 Å². The molecule has 0 bridgehead atoms. The minimum atomic E-state index is 0.743. The van der Waals surface area contributed by atoms with Crippen LogP contribution >= 0.6 is 0 Å². The van der Waals surface area contributed by atoms with E-state index in [0.29, 0.717) is 0 Å². The highest BCUT2D eigenvalue weighted by atomic mass is 15.2. The van der Waals surface area contributed by atoms with Crippen molar-refractivity contribution in [1.29, 1.82) is 0 Å². The summed E-state index contributed by atoms with van der Waals surface area (Å²) in [4.78, 5) is 11.6. The third-order valence-corrected chi connectivity index (χ3v) is 3.94. The molecule has 0 radical (unpaired) electrons. The Labute approximate surface area is 116 Å². The first-order chi connectivity index (χ1) is 9.13. The summed E-state index contributed by atoms with van der Waals surface area (Å²) in [6, 6.07) is 2.10. The van der Waals surface area contributed by atoms with Crippen LogP contribution < -0.4 is 10.2 Å². The largest absolute Gasteiger partial charge is 0.370 e. The van der Waals surface area contributed by atoms with Gasteiger partial charge >= 0.3 is 0 Å². The van der Waals surface area contributed by atoms with Crippen LogP contribution in [-0.2, 0) is 6.42 Å². The summed E-state index contributed by atoms with van der Waals surface area (Å²) in [5.41, 5.74) is 0. The number of rotatable bonds is 5. The van der Waals surface area contributed by atoms with Crippen LogP contribution in [0, 0.1) is 11.8 Å². The zero-order valence-corrected chi connectivity index (χ0v) is 12.6. The molecule has 1 aliphatic rings. The van der Waals surface area contributed by atoms with Crippen LogP contribution in [0.5, 0.6) is 0 Å². The molecule has 2 atom stereocenters. The van der Waals surface area contributed by atoms with E-state index in [-0.39, 0.29) is 0 Å². The molecule has 0 amide bonds. The lowest BCUT2D eigenvalue weighted by Gasteiger charge is -2.19. The Kier molecular flexibility index (Phi) is 4.61. The van der Waals surface area contributed by atoms with Crippen LogP contribution in [-0.4, -0.2) is 29.6 Å². The number of aromatic nitrogens is 2. The van der Waals surface area contributed by atoms with Gasteiger partial charge in [-0.1, -0.05) is 27.7 Å². The zero-order chi connectivity index (χ0) is 13.8. The van der Waals surface area contributed by atoms with Crippen molar-refractivity contribution in [3.8, 4) is 0 Å². The highest BCUT2D eigenvalue weighted by Gasteiger charge is 2.27. The molecule has 4 heteroatoms. The van der Waals surface area contributed by atoms with E-state index in [4.69, 9.17) is 0 Å². The molecule has 1 saturated heterocycles. The van der Waals surface area contributed by atoms with Gasteiger partial charge in [-0.25, -0.2) is 9.97 Å². The van der Waals surface area contributed by atoms with E-state index in [9.17, 15) is 0 Å². The molecule has 4 nitrogen and oxygen atoms in total. The van der Waals surface area contributed by atoms with Crippen molar-refractivity contribution in [2.75, 3.05) is 29.9 Å². The van der Waals surface area contributed by atoms with Crippen molar-refractivity contribution >= 4 is 11.6 Å². The van der Waals surface area contributed by atoms with Gasteiger partial charge < -0.3 is 10.2 Å². The molecular weight excluding hydrogens is 236 g/mol. The summed E-state index contributed by atoms with van der Waals surface area (Å²) >= 11 is 0. The second-order valence-corrected chi connectivity index (χ2v) is 5.67. The Balaban J connectivity index is 2.19. The summed E-state index contributed by atoms with van der Waals surface area (Å²) < 4.78 is 0. The molecule has 1 aliphatic heterocycles. The third kappa shape index (κ3) is 3.37. The maximum absolute atomic E-state index is 4.69. The molecule has 1 fully saturated rings. The van der Waals surface area contributed by atoms with Gasteiger partial charge in [-0.15, -0.1) is 0 Å². The number of nitrogens with one attached hydrogen (secondary N) is 1. The third-order valence-electron chi connectivity index (χ3n) is 3.94. The summed E-state index contributed by atoms with van der Waals surface area (Å²) in [6.45, 7) is 12.1. The highest BCUT2D eigenvalue weighted by Crippen LogP contribution is 2.27. The fraction of sp³-hybridized carbons (Fsp3) is 0.733. The first kappa shape index (κ1) is 14.1. The lowest BCUT2D eigenvalue weighted by molar-refractivity contribution is 0.494. The van der Waals surface area contributed by atoms with Crippen molar-refractivity contribution in [1.82, 2.24) is 9.97 Å². The number of hydrogen-bond acceptors (Lipinski definition) is 4. The minimum absolute atomic E-state index is 0.743. The number of hydrogen-bond donors (Lipinski definition) is 1. The fourth-order valence-corrected chi connectivity index (χ4v) is 2.46. The van der Waals surface area contributed by atoms with E-state index in [0.717, 1.165) is 61.8 Å². The van der Waals surface area contributed by atoms with Crippen LogP contribution in [0.4, 0.5) is 11.6 Å². The van der Waals surface area contributed by atoms with Crippen molar-refractivity contribution in [2.45, 2.75) is 40.5 Å². The van der Waals surface area contributed by atoms with Crippen molar-refractivity contribution in [3.05, 3.63) is 11.9 Å². The summed E-state index contributed by atoms with van der Waals surface area (Å²) in [5.74, 6) is 4.47. The van der Waals surface area contributed by atoms with Gasteiger partial charge in [0, 0.05) is 32.1 Å². The number of anilines is 2. The number of aryl methyl sites for hydroxylation is 1. The van der Waals surface area contributed by atoms with Crippen LogP contribution in [0.25, 0.3) is 0 Å². The minimum Gasteiger partial charge on any atom is -0.370 e. The van der Waals surface area contributed by atoms with Crippen molar-refractivity contribution in [2.24, 2.45) is 11.8 Å². The Bertz CT molecular complexity index is 409. The van der Waals surface area contributed by atoms with E-state index >= 15 is 0 Å². The van der Waals surface area contributed by atoms with Gasteiger partial charge in [0.1, 0.15) is 17.5 Å². The Hall–Kier alpha value is -1.32. The predicted molar refractivity (Wildman–Crippen MR) is 80.7 cm³/mol. The van der Waals surface area contributed by atoms with Gasteiger partial charge in [-0.2, -0.15) is 0 Å². The van der Waals surface area contributed by atoms with Gasteiger partial charge in [-0.05, 0) is 18.3 Å². The van der Waals surface area contributed by atoms with Crippen LogP contribution in [0.2, 0.25) is 0 Å². The molecule has 2 rings (SSSR count). The molecule has 2 unspecified atom stereocenters. The number of nitrogens with zero attached hydrogens (tertiary/aromatic N) is 3. The molecule has 106 valence electrons. The average molecular weight is 262 g/mol. The van der Waals surface area contributed by atoms with Gasteiger partial charge in [0.15, 0.2) is 0 Å². The second-order valence-electron chi connectivity index (χ2n) is 5.67. The first-order valence-electron chi connectivity index (χ1n) is 7.50. The van der Waals surface area contributed by atoms with Gasteiger partial charge in [0.25, 0.3) is 0 Å². The quantitative estimate of drug-likeness (QED) is 0.886. The normalized spacial score (nSPS) is 22.8. The standard InChI is InChI=1S/C15H26N4/c1-5-7-16-14-8-15(18-13(6-2)17-14)19-9-11(3)12(4)10-19/h8,11-12H,5-7,9-10H2,1-4H3,(H,16,17,18). The lowest BCUT2D eigenvalue weighted by atomic mass is 10.0. The zero-order valence-electron chi connectivity index (χ0n) is 12.6. The molecule has 0 spiro atoms. The maximum atomic E-state index is 4.69. The maximum Gasteiger partial charge on any atom is 0.134 e. The molecule has 0 saturated carbocycles. The summed E-state index contributed by atoms with van der Waals surface area (Å²) in [7, 11) is 0. The van der Waals surface area contributed by atoms with E-state index in [1.54, 1.807) is 0 Å². The average Bonchev–Trinajstić information content (AvgIpc) is 2.76. The Morgan fingerprint density at radius 2 is 1.89 bits per heavy atom. The summed E-state index contributed by atoms with van der Waals surface area (Å²) in [6.07, 6.45) is 1.99. The van der Waals surface area contributed by atoms with Crippen LogP contribution in [0.1, 0.15) is 39.9 Å². The van der Waals surface area contributed by atoms with Crippen LogP contribution in [0.15, 0.2) is 6.07 Å². The molecule has 19 heavy (non-hydrogen) atoms. The van der Waals surface area contributed by atoms with Gasteiger partial charge in [0.2, 0.25) is 0 Å². The fourth-order valence-electron chi connectivity index (χ4n) is 2.46. The smallest absolute Gasteiger partial charge is 0.134 e. The molecular formula is C15H26N4. The second kappa shape index (κ2) is 6.22. The van der Waals surface area contributed by atoms with E-state index < -0.39 is 0 Å². The molecule has 1 N–H and O–H groups in total. The predicted octanol–water partition coefficient (Wildman–Crippen LogP) is 2.95. The topological polar surface area (TPSA) is 41.0 Å². The van der Waals surface area contributed by atoms with Gasteiger partial charge in [-0.3, -0.25) is 0 Å². The molecule has 0 aliphatic carbocycles. The van der Waals surface area contributed by atoms with Crippen molar-refractivity contribution < 1.29 is 0 Å². The van der Waals surface area contributed by atoms with E-state index in [2.05, 4.69) is 53.9 Å². The van der Waals surface area contributed by atoms with Crippen molar-refractivity contribution in [3.63, 3.8) is 0 Å². The summed E-state index contributed by atoms with van der Waals surface area (Å²) in [5, 5.41) is 3.38.